The van der Waals surface area contributed by atoms with Gasteiger partial charge in [0.15, 0.2) is 28.6 Å². The minimum absolute atomic E-state index is 0.152. The molecule has 174 valence electrons. The molecule has 1 heterocycles. The van der Waals surface area contributed by atoms with E-state index in [4.69, 9.17) is 21.1 Å². The van der Waals surface area contributed by atoms with Gasteiger partial charge in [0, 0.05) is 16.4 Å². The van der Waals surface area contributed by atoms with Gasteiger partial charge < -0.3 is 14.8 Å². The number of rotatable bonds is 9. The van der Waals surface area contributed by atoms with E-state index in [1.807, 2.05) is 66.1 Å². The third-order valence-electron chi connectivity index (χ3n) is 4.85. The molecule has 34 heavy (non-hydrogen) atoms. The molecule has 0 saturated heterocycles. The van der Waals surface area contributed by atoms with Crippen LogP contribution in [-0.2, 0) is 4.79 Å². The van der Waals surface area contributed by atoms with Crippen molar-refractivity contribution in [2.45, 2.75) is 18.2 Å². The Morgan fingerprint density at radius 3 is 2.50 bits per heavy atom. The third-order valence-corrected chi connectivity index (χ3v) is 6.01. The van der Waals surface area contributed by atoms with Gasteiger partial charge in [-0.15, -0.1) is 10.2 Å². The Morgan fingerprint density at radius 1 is 1.03 bits per heavy atom. The van der Waals surface area contributed by atoms with Crippen LogP contribution in [0.5, 0.6) is 11.5 Å². The van der Waals surface area contributed by atoms with Crippen molar-refractivity contribution >= 4 is 35.0 Å². The lowest BCUT2D eigenvalue weighted by Crippen LogP contribution is -2.15. The van der Waals surface area contributed by atoms with Crippen LogP contribution in [0.3, 0.4) is 0 Å². The van der Waals surface area contributed by atoms with Crippen molar-refractivity contribution in [3.05, 3.63) is 89.7 Å². The summed E-state index contributed by atoms with van der Waals surface area (Å²) < 4.78 is 13.5. The maximum atomic E-state index is 12.5. The summed E-state index contributed by atoms with van der Waals surface area (Å²) in [4.78, 5) is 12.5. The van der Waals surface area contributed by atoms with Crippen molar-refractivity contribution in [1.82, 2.24) is 14.8 Å². The Morgan fingerprint density at radius 2 is 1.76 bits per heavy atom. The molecule has 0 saturated carbocycles. The summed E-state index contributed by atoms with van der Waals surface area (Å²) >= 11 is 7.29. The smallest absolute Gasteiger partial charge is 0.234 e. The minimum atomic E-state index is -0.432. The number of halogens is 1. The van der Waals surface area contributed by atoms with Gasteiger partial charge in [0.25, 0.3) is 0 Å². The number of benzene rings is 3. The van der Waals surface area contributed by atoms with E-state index in [2.05, 4.69) is 15.5 Å². The molecule has 1 aromatic heterocycles. The summed E-state index contributed by atoms with van der Waals surface area (Å²) in [6.07, 6.45) is -0.432. The van der Waals surface area contributed by atoms with Gasteiger partial charge in [-0.05, 0) is 49.4 Å². The number of para-hydroxylation sites is 3. The molecule has 0 fully saturated rings. The lowest BCUT2D eigenvalue weighted by atomic mass is 10.3. The first kappa shape index (κ1) is 23.7. The number of aromatic nitrogens is 3. The van der Waals surface area contributed by atoms with Crippen LogP contribution in [0.25, 0.3) is 5.69 Å². The van der Waals surface area contributed by atoms with Crippen molar-refractivity contribution in [1.29, 1.82) is 0 Å². The maximum absolute atomic E-state index is 12.5. The summed E-state index contributed by atoms with van der Waals surface area (Å²) in [6.45, 7) is 1.90. The molecule has 0 spiro atoms. The molecule has 9 heteroatoms. The zero-order valence-corrected chi connectivity index (χ0v) is 20.2. The molecule has 0 aliphatic rings. The lowest BCUT2D eigenvalue weighted by molar-refractivity contribution is -0.113. The normalized spacial score (nSPS) is 11.6. The molecule has 3 aromatic carbocycles. The number of thioether (sulfide) groups is 1. The topological polar surface area (TPSA) is 78.3 Å². The molecule has 4 rings (SSSR count). The van der Waals surface area contributed by atoms with Crippen LogP contribution >= 0.6 is 23.4 Å². The average Bonchev–Trinajstić information content (AvgIpc) is 3.28. The zero-order valence-electron chi connectivity index (χ0n) is 18.6. The van der Waals surface area contributed by atoms with Crippen LogP contribution in [0.4, 0.5) is 5.69 Å². The second kappa shape index (κ2) is 11.1. The molecule has 4 aromatic rings. The van der Waals surface area contributed by atoms with Crippen molar-refractivity contribution < 1.29 is 14.3 Å². The van der Waals surface area contributed by atoms with Crippen LogP contribution in [0.15, 0.2) is 84.0 Å². The number of anilines is 1. The second-order valence-electron chi connectivity index (χ2n) is 7.27. The minimum Gasteiger partial charge on any atom is -0.493 e. The molecule has 1 amide bonds. The monoisotopic (exact) mass is 494 g/mol. The third kappa shape index (κ3) is 5.70. The molecular formula is C25H23ClN4O3S. The van der Waals surface area contributed by atoms with Gasteiger partial charge in [0.1, 0.15) is 0 Å². The number of nitrogens with one attached hydrogen (secondary N) is 1. The summed E-state index contributed by atoms with van der Waals surface area (Å²) in [6, 6.07) is 24.2. The van der Waals surface area contributed by atoms with Gasteiger partial charge in [-0.25, -0.2) is 0 Å². The molecule has 1 unspecified atom stereocenters. The van der Waals surface area contributed by atoms with Crippen LogP contribution in [0.2, 0.25) is 5.02 Å². The first-order valence-electron chi connectivity index (χ1n) is 10.5. The average molecular weight is 495 g/mol. The van der Waals surface area contributed by atoms with E-state index in [-0.39, 0.29) is 11.7 Å². The molecule has 1 atom stereocenters. The SMILES string of the molecule is COc1ccccc1OC(C)c1nnc(SCC(=O)Nc2cccc(Cl)c2)n1-c1ccccc1. The molecular weight excluding hydrogens is 472 g/mol. The Bertz CT molecular complexity index is 1270. The van der Waals surface area contributed by atoms with E-state index in [9.17, 15) is 4.79 Å². The molecule has 0 aliphatic heterocycles. The van der Waals surface area contributed by atoms with Crippen LogP contribution in [0, 0.1) is 0 Å². The Balaban J connectivity index is 1.55. The van der Waals surface area contributed by atoms with Crippen LogP contribution < -0.4 is 14.8 Å². The van der Waals surface area contributed by atoms with E-state index < -0.39 is 6.10 Å². The fraction of sp³-hybridized carbons (Fsp3) is 0.160. The van der Waals surface area contributed by atoms with Crippen LogP contribution in [-0.4, -0.2) is 33.5 Å². The van der Waals surface area contributed by atoms with Crippen molar-refractivity contribution in [3.63, 3.8) is 0 Å². The Labute approximate surface area is 207 Å². The first-order valence-corrected chi connectivity index (χ1v) is 11.9. The van der Waals surface area contributed by atoms with Gasteiger partial charge in [-0.2, -0.15) is 0 Å². The highest BCUT2D eigenvalue weighted by molar-refractivity contribution is 7.99. The quantitative estimate of drug-likeness (QED) is 0.296. The largest absolute Gasteiger partial charge is 0.493 e. The highest BCUT2D eigenvalue weighted by atomic mass is 35.5. The fourth-order valence-electron chi connectivity index (χ4n) is 3.31. The predicted molar refractivity (Wildman–Crippen MR) is 134 cm³/mol. The first-order chi connectivity index (χ1) is 16.5. The number of nitrogens with zero attached hydrogens (tertiary/aromatic N) is 3. The predicted octanol–water partition coefficient (Wildman–Crippen LogP) is 5.80. The standard InChI is InChI=1S/C25H23ClN4O3S/c1-17(33-22-14-7-6-13-21(22)32-2)24-28-29-25(30(24)20-11-4-3-5-12-20)34-16-23(31)27-19-10-8-9-18(26)15-19/h3-15,17H,16H2,1-2H3,(H,27,31). The van der Waals surface area contributed by atoms with E-state index in [0.29, 0.717) is 33.2 Å². The van der Waals surface area contributed by atoms with E-state index in [1.54, 1.807) is 31.4 Å². The van der Waals surface area contributed by atoms with Crippen molar-refractivity contribution in [2.75, 3.05) is 18.2 Å². The van der Waals surface area contributed by atoms with Crippen LogP contribution in [0.1, 0.15) is 18.9 Å². The number of hydrogen-bond donors (Lipinski definition) is 1. The van der Waals surface area contributed by atoms with Gasteiger partial charge >= 0.3 is 0 Å². The summed E-state index contributed by atoms with van der Waals surface area (Å²) in [5.41, 5.74) is 1.51. The van der Waals surface area contributed by atoms with Gasteiger partial charge in [-0.1, -0.05) is 59.8 Å². The Hall–Kier alpha value is -3.49. The van der Waals surface area contributed by atoms with Gasteiger partial charge in [0.05, 0.1) is 12.9 Å². The highest BCUT2D eigenvalue weighted by Crippen LogP contribution is 2.32. The number of ether oxygens (including phenoxy) is 2. The summed E-state index contributed by atoms with van der Waals surface area (Å²) in [5, 5.41) is 12.7. The van der Waals surface area contributed by atoms with E-state index in [1.165, 1.54) is 11.8 Å². The molecule has 7 nitrogen and oxygen atoms in total. The summed E-state index contributed by atoms with van der Waals surface area (Å²) in [7, 11) is 1.60. The molecule has 1 N–H and O–H groups in total. The number of carbonyl (C=O) groups is 1. The van der Waals surface area contributed by atoms with Gasteiger partial charge in [0.2, 0.25) is 5.91 Å². The Kier molecular flexibility index (Phi) is 7.72. The van der Waals surface area contributed by atoms with E-state index >= 15 is 0 Å². The summed E-state index contributed by atoms with van der Waals surface area (Å²) in [5.74, 6) is 1.83. The number of hydrogen-bond acceptors (Lipinski definition) is 6. The molecule has 0 radical (unpaired) electrons. The maximum Gasteiger partial charge on any atom is 0.234 e. The lowest BCUT2D eigenvalue weighted by Gasteiger charge is -2.18. The second-order valence-corrected chi connectivity index (χ2v) is 8.65. The number of amides is 1. The molecule has 0 aliphatic carbocycles. The zero-order chi connectivity index (χ0) is 23.9. The van der Waals surface area contributed by atoms with Crippen molar-refractivity contribution in [3.8, 4) is 17.2 Å². The fourth-order valence-corrected chi connectivity index (χ4v) is 4.26. The van der Waals surface area contributed by atoms with Crippen molar-refractivity contribution in [2.24, 2.45) is 0 Å². The van der Waals surface area contributed by atoms with E-state index in [0.717, 1.165) is 5.69 Å². The number of methoxy groups -OCH3 is 1. The number of carbonyl (C=O) groups excluding carboxylic acids is 1. The molecule has 0 bridgehead atoms. The van der Waals surface area contributed by atoms with Gasteiger partial charge in [-0.3, -0.25) is 9.36 Å². The highest BCUT2D eigenvalue weighted by Gasteiger charge is 2.22.